The lowest BCUT2D eigenvalue weighted by atomic mass is 10.1. The first kappa shape index (κ1) is 21.2. The monoisotopic (exact) mass is 430 g/mol. The zero-order valence-electron chi connectivity index (χ0n) is 17.5. The number of nitrogens with two attached hydrogens (primary N) is 1. The number of carbonyl (C=O) groups excluding carboxylic acids is 1. The van der Waals surface area contributed by atoms with E-state index in [1.807, 2.05) is 43.3 Å². The summed E-state index contributed by atoms with van der Waals surface area (Å²) in [6, 6.07) is 17.1. The van der Waals surface area contributed by atoms with Crippen LogP contribution in [-0.2, 0) is 0 Å². The van der Waals surface area contributed by atoms with E-state index in [4.69, 9.17) is 5.73 Å². The molecule has 0 bridgehead atoms. The van der Waals surface area contributed by atoms with Gasteiger partial charge in [0.25, 0.3) is 5.91 Å². The molecule has 0 aliphatic carbocycles. The van der Waals surface area contributed by atoms with Gasteiger partial charge in [-0.3, -0.25) is 4.79 Å². The number of halogens is 1. The number of carbonyl (C=O) groups is 1. The van der Waals surface area contributed by atoms with Crippen LogP contribution in [0.1, 0.15) is 27.7 Å². The third-order valence-corrected chi connectivity index (χ3v) is 5.03. The smallest absolute Gasteiger partial charge is 0.272 e. The van der Waals surface area contributed by atoms with E-state index in [0.717, 1.165) is 16.8 Å². The van der Waals surface area contributed by atoms with Crippen molar-refractivity contribution in [2.45, 2.75) is 13.0 Å². The van der Waals surface area contributed by atoms with Crippen molar-refractivity contribution in [3.63, 3.8) is 0 Å². The maximum atomic E-state index is 13.1. The first-order valence-electron chi connectivity index (χ1n) is 10.1. The predicted molar refractivity (Wildman–Crippen MR) is 121 cm³/mol. The Labute approximate surface area is 185 Å². The van der Waals surface area contributed by atoms with Gasteiger partial charge >= 0.3 is 0 Å². The Balaban J connectivity index is 1.52. The molecule has 2 heterocycles. The molecule has 7 nitrogen and oxygen atoms in total. The maximum absolute atomic E-state index is 13.1. The number of anilines is 2. The zero-order chi connectivity index (χ0) is 22.5. The van der Waals surface area contributed by atoms with Crippen molar-refractivity contribution >= 4 is 17.4 Å². The number of rotatable bonds is 7. The van der Waals surface area contributed by atoms with Crippen molar-refractivity contribution < 1.29 is 9.18 Å². The van der Waals surface area contributed by atoms with Crippen molar-refractivity contribution in [1.82, 2.24) is 19.9 Å². The SMILES string of the molecule is Cc1cnc(Nc2ccc(F)cc2)cc1-n1cnc(C(=O)NC(CN)c2ccccc2)c1. The highest BCUT2D eigenvalue weighted by Crippen LogP contribution is 2.21. The number of imidazole rings is 1. The fourth-order valence-corrected chi connectivity index (χ4v) is 3.31. The number of hydrogen-bond donors (Lipinski definition) is 3. The largest absolute Gasteiger partial charge is 0.343 e. The van der Waals surface area contributed by atoms with Gasteiger partial charge in [-0.15, -0.1) is 0 Å². The Morgan fingerprint density at radius 2 is 1.88 bits per heavy atom. The van der Waals surface area contributed by atoms with E-state index in [-0.39, 0.29) is 30.0 Å². The summed E-state index contributed by atoms with van der Waals surface area (Å²) in [6.45, 7) is 2.20. The molecule has 0 aliphatic heterocycles. The van der Waals surface area contributed by atoms with Gasteiger partial charge in [-0.2, -0.15) is 0 Å². The van der Waals surface area contributed by atoms with Crippen LogP contribution in [0.4, 0.5) is 15.9 Å². The summed E-state index contributed by atoms with van der Waals surface area (Å²) >= 11 is 0. The third-order valence-electron chi connectivity index (χ3n) is 5.03. The van der Waals surface area contributed by atoms with Gasteiger partial charge in [-0.1, -0.05) is 30.3 Å². The molecule has 2 aromatic carbocycles. The highest BCUT2D eigenvalue weighted by atomic mass is 19.1. The quantitative estimate of drug-likeness (QED) is 0.413. The number of aromatic nitrogens is 3. The molecule has 2 aromatic heterocycles. The van der Waals surface area contributed by atoms with E-state index in [9.17, 15) is 9.18 Å². The summed E-state index contributed by atoms with van der Waals surface area (Å²) in [5.41, 5.74) is 9.51. The third kappa shape index (κ3) is 4.81. The van der Waals surface area contributed by atoms with Gasteiger partial charge in [0, 0.05) is 30.7 Å². The topological polar surface area (TPSA) is 97.9 Å². The molecule has 4 aromatic rings. The lowest BCUT2D eigenvalue weighted by Crippen LogP contribution is -2.33. The van der Waals surface area contributed by atoms with Crippen LogP contribution in [0.2, 0.25) is 0 Å². The lowest BCUT2D eigenvalue weighted by Gasteiger charge is -2.16. The molecule has 1 atom stereocenters. The van der Waals surface area contributed by atoms with Gasteiger partial charge in [0.05, 0.1) is 11.7 Å². The summed E-state index contributed by atoms with van der Waals surface area (Å²) in [4.78, 5) is 21.4. The van der Waals surface area contributed by atoms with E-state index in [1.165, 1.54) is 12.1 Å². The molecule has 1 amide bonds. The van der Waals surface area contributed by atoms with Crippen molar-refractivity contribution in [2.75, 3.05) is 11.9 Å². The molecule has 0 saturated carbocycles. The maximum Gasteiger partial charge on any atom is 0.272 e. The predicted octanol–water partition coefficient (Wildman–Crippen LogP) is 3.89. The molecule has 32 heavy (non-hydrogen) atoms. The molecule has 0 spiro atoms. The number of amides is 1. The fourth-order valence-electron chi connectivity index (χ4n) is 3.31. The molecule has 0 radical (unpaired) electrons. The molecule has 4 rings (SSSR count). The average molecular weight is 430 g/mol. The molecule has 0 saturated heterocycles. The van der Waals surface area contributed by atoms with Crippen molar-refractivity contribution in [2.24, 2.45) is 5.73 Å². The van der Waals surface area contributed by atoms with Gasteiger partial charge in [0.2, 0.25) is 0 Å². The molecular formula is C24H23FN6O. The minimum absolute atomic E-state index is 0.276. The second kappa shape index (κ2) is 9.40. The van der Waals surface area contributed by atoms with E-state index >= 15 is 0 Å². The number of benzene rings is 2. The van der Waals surface area contributed by atoms with Crippen LogP contribution in [-0.4, -0.2) is 27.0 Å². The van der Waals surface area contributed by atoms with E-state index in [0.29, 0.717) is 11.5 Å². The summed E-state index contributed by atoms with van der Waals surface area (Å²) < 4.78 is 14.9. The number of nitrogens with one attached hydrogen (secondary N) is 2. The summed E-state index contributed by atoms with van der Waals surface area (Å²) in [6.07, 6.45) is 4.97. The summed E-state index contributed by atoms with van der Waals surface area (Å²) in [5, 5.41) is 6.08. The number of nitrogens with zero attached hydrogens (tertiary/aromatic N) is 3. The molecule has 162 valence electrons. The number of hydrogen-bond acceptors (Lipinski definition) is 5. The number of pyridine rings is 1. The molecule has 0 aliphatic rings. The molecule has 0 fully saturated rings. The normalized spacial score (nSPS) is 11.7. The first-order chi connectivity index (χ1) is 15.5. The molecule has 1 unspecified atom stereocenters. The Morgan fingerprint density at radius 3 is 2.59 bits per heavy atom. The van der Waals surface area contributed by atoms with Crippen LogP contribution < -0.4 is 16.4 Å². The summed E-state index contributed by atoms with van der Waals surface area (Å²) in [7, 11) is 0. The Morgan fingerprint density at radius 1 is 1.12 bits per heavy atom. The summed E-state index contributed by atoms with van der Waals surface area (Å²) in [5.74, 6) is -0.0231. The zero-order valence-corrected chi connectivity index (χ0v) is 17.5. The van der Waals surface area contributed by atoms with Crippen LogP contribution in [0.3, 0.4) is 0 Å². The lowest BCUT2D eigenvalue weighted by molar-refractivity contribution is 0.0933. The highest BCUT2D eigenvalue weighted by molar-refractivity contribution is 5.92. The van der Waals surface area contributed by atoms with Gasteiger partial charge in [-0.05, 0) is 42.3 Å². The minimum atomic E-state index is -0.306. The van der Waals surface area contributed by atoms with Crippen LogP contribution in [0.15, 0.2) is 79.4 Å². The van der Waals surface area contributed by atoms with Gasteiger partial charge in [-0.25, -0.2) is 14.4 Å². The Hall–Kier alpha value is -4.04. The second-order valence-corrected chi connectivity index (χ2v) is 7.33. The van der Waals surface area contributed by atoms with Crippen LogP contribution >= 0.6 is 0 Å². The first-order valence-corrected chi connectivity index (χ1v) is 10.1. The number of aryl methyl sites for hydroxylation is 1. The van der Waals surface area contributed by atoms with Crippen LogP contribution in [0.5, 0.6) is 0 Å². The Bertz CT molecular complexity index is 1210. The minimum Gasteiger partial charge on any atom is -0.343 e. The van der Waals surface area contributed by atoms with Gasteiger partial charge in [0.15, 0.2) is 0 Å². The van der Waals surface area contributed by atoms with Gasteiger partial charge < -0.3 is 20.9 Å². The highest BCUT2D eigenvalue weighted by Gasteiger charge is 2.17. The van der Waals surface area contributed by atoms with Crippen LogP contribution in [0.25, 0.3) is 5.69 Å². The Kier molecular flexibility index (Phi) is 6.23. The van der Waals surface area contributed by atoms with E-state index in [2.05, 4.69) is 20.6 Å². The standard InChI is InChI=1S/C24H23FN6O/c1-16-13-27-23(29-19-9-7-18(25)8-10-19)11-22(16)31-14-21(28-15-31)24(32)30-20(12-26)17-5-3-2-4-6-17/h2-11,13-15,20H,12,26H2,1H3,(H,27,29)(H,30,32). The van der Waals surface area contributed by atoms with E-state index < -0.39 is 0 Å². The fraction of sp³-hybridized carbons (Fsp3) is 0.125. The molecule has 4 N–H and O–H groups in total. The van der Waals surface area contributed by atoms with Crippen LogP contribution in [0, 0.1) is 12.7 Å². The molecular weight excluding hydrogens is 407 g/mol. The van der Waals surface area contributed by atoms with Gasteiger partial charge in [0.1, 0.15) is 23.7 Å². The molecule has 8 heteroatoms. The van der Waals surface area contributed by atoms with E-state index in [1.54, 1.807) is 35.4 Å². The second-order valence-electron chi connectivity index (χ2n) is 7.33. The van der Waals surface area contributed by atoms with Crippen molar-refractivity contribution in [3.05, 3.63) is 102 Å². The van der Waals surface area contributed by atoms with Crippen molar-refractivity contribution in [1.29, 1.82) is 0 Å². The average Bonchev–Trinajstić information content (AvgIpc) is 3.31. The van der Waals surface area contributed by atoms with Crippen molar-refractivity contribution in [3.8, 4) is 5.69 Å².